The summed E-state index contributed by atoms with van der Waals surface area (Å²) in [5.74, 6) is -0.359. The van der Waals surface area contributed by atoms with Crippen molar-refractivity contribution in [3.05, 3.63) is 63.8 Å². The fraction of sp³-hybridized carbons (Fsp3) is 0.200. The molecule has 0 saturated heterocycles. The van der Waals surface area contributed by atoms with Gasteiger partial charge in [0.05, 0.1) is 18.7 Å². The van der Waals surface area contributed by atoms with Crippen molar-refractivity contribution >= 4 is 44.4 Å². The number of sulfonamides is 1. The number of halogens is 1. The number of nitrogens with zero attached hydrogens (tertiary/aromatic N) is 1. The molecule has 3 N–H and O–H groups in total. The van der Waals surface area contributed by atoms with Gasteiger partial charge in [0.25, 0.3) is 0 Å². The van der Waals surface area contributed by atoms with E-state index in [2.05, 4.69) is 4.98 Å². The Labute approximate surface area is 177 Å². The van der Waals surface area contributed by atoms with Gasteiger partial charge in [-0.05, 0) is 24.3 Å². The van der Waals surface area contributed by atoms with E-state index in [1.807, 2.05) is 6.07 Å². The van der Waals surface area contributed by atoms with Crippen LogP contribution in [0.15, 0.2) is 41.3 Å². The summed E-state index contributed by atoms with van der Waals surface area (Å²) in [6, 6.07) is 9.16. The van der Waals surface area contributed by atoms with E-state index >= 15 is 0 Å². The zero-order valence-corrected chi connectivity index (χ0v) is 17.5. The van der Waals surface area contributed by atoms with Gasteiger partial charge in [0.2, 0.25) is 10.0 Å². The van der Waals surface area contributed by atoms with Gasteiger partial charge >= 0.3 is 6.09 Å². The van der Waals surface area contributed by atoms with Gasteiger partial charge in [0.15, 0.2) is 5.78 Å². The second-order valence-corrected chi connectivity index (χ2v) is 8.94. The largest absolute Gasteiger partial charge is 0.453 e. The Morgan fingerprint density at radius 2 is 1.87 bits per heavy atom. The molecule has 0 radical (unpaired) electrons. The molecule has 0 fully saturated rings. The van der Waals surface area contributed by atoms with Crippen LogP contribution in [0.5, 0.6) is 0 Å². The smallest absolute Gasteiger partial charge is 0.409 e. The van der Waals surface area contributed by atoms with Crippen LogP contribution in [0.1, 0.15) is 27.2 Å². The Bertz CT molecular complexity index is 1300. The number of carbonyl (C=O) groups is 2. The third kappa shape index (κ3) is 3.55. The number of ketones is 1. The Hall–Kier alpha value is -2.88. The molecule has 0 spiro atoms. The second kappa shape index (κ2) is 7.42. The number of hydrogen-bond donors (Lipinski definition) is 2. The van der Waals surface area contributed by atoms with Crippen LogP contribution in [0.3, 0.4) is 0 Å². The number of amides is 1. The minimum absolute atomic E-state index is 0.0447. The van der Waals surface area contributed by atoms with Crippen molar-refractivity contribution in [1.82, 2.24) is 9.88 Å². The third-order valence-electron chi connectivity index (χ3n) is 5.17. The van der Waals surface area contributed by atoms with Crippen LogP contribution in [0.25, 0.3) is 10.9 Å². The van der Waals surface area contributed by atoms with Crippen molar-refractivity contribution in [3.8, 4) is 0 Å². The first-order chi connectivity index (χ1) is 14.2. The SMILES string of the molecule is COC(=O)N1CCc2[nH]c3cc(C(=O)c4ccc(Cl)c(S(N)(=O)=O)c4)ccc3c2C1. The van der Waals surface area contributed by atoms with Crippen molar-refractivity contribution in [1.29, 1.82) is 0 Å². The Morgan fingerprint density at radius 3 is 2.57 bits per heavy atom. The summed E-state index contributed by atoms with van der Waals surface area (Å²) in [6.45, 7) is 0.962. The van der Waals surface area contributed by atoms with Crippen LogP contribution in [0.2, 0.25) is 5.02 Å². The maximum absolute atomic E-state index is 12.9. The van der Waals surface area contributed by atoms with Gasteiger partial charge in [-0.15, -0.1) is 0 Å². The van der Waals surface area contributed by atoms with Gasteiger partial charge < -0.3 is 14.6 Å². The van der Waals surface area contributed by atoms with Gasteiger partial charge in [-0.3, -0.25) is 4.79 Å². The number of primary sulfonamides is 1. The number of ether oxygens (including phenoxy) is 1. The lowest BCUT2D eigenvalue weighted by molar-refractivity contribution is 0.103. The number of methoxy groups -OCH3 is 1. The van der Waals surface area contributed by atoms with Gasteiger partial charge in [-0.25, -0.2) is 18.4 Å². The Kier molecular flexibility index (Phi) is 5.05. The quantitative estimate of drug-likeness (QED) is 0.597. The molecular weight excluding hydrogens is 430 g/mol. The number of fused-ring (bicyclic) bond motifs is 3. The van der Waals surface area contributed by atoms with Crippen LogP contribution >= 0.6 is 11.6 Å². The standard InChI is InChI=1S/C20H18ClN3O5S/c1-29-20(26)24-7-6-16-14(10-24)13-4-2-11(8-17(13)23-16)19(25)12-3-5-15(21)18(9-12)30(22,27)28/h2-5,8-9,23H,6-7,10H2,1H3,(H2,22,27,28). The molecule has 0 bridgehead atoms. The van der Waals surface area contributed by atoms with Gasteiger partial charge in [0.1, 0.15) is 4.90 Å². The number of carbonyl (C=O) groups excluding carboxylic acids is 2. The number of nitrogens with two attached hydrogens (primary N) is 1. The van der Waals surface area contributed by atoms with Crippen molar-refractivity contribution in [3.63, 3.8) is 0 Å². The lowest BCUT2D eigenvalue weighted by Crippen LogP contribution is -2.35. The van der Waals surface area contributed by atoms with Gasteiger partial charge in [0, 0.05) is 46.3 Å². The molecule has 1 amide bonds. The van der Waals surface area contributed by atoms with Crippen molar-refractivity contribution in [2.45, 2.75) is 17.9 Å². The molecule has 156 valence electrons. The zero-order chi connectivity index (χ0) is 21.6. The zero-order valence-electron chi connectivity index (χ0n) is 15.9. The number of benzene rings is 2. The van der Waals surface area contributed by atoms with Crippen LogP contribution < -0.4 is 5.14 Å². The minimum atomic E-state index is -4.06. The van der Waals surface area contributed by atoms with Crippen molar-refractivity contribution < 1.29 is 22.7 Å². The van der Waals surface area contributed by atoms with E-state index in [0.29, 0.717) is 25.1 Å². The molecule has 1 aromatic heterocycles. The fourth-order valence-electron chi connectivity index (χ4n) is 3.68. The number of aromatic amines is 1. The number of rotatable bonds is 3. The molecule has 0 unspecified atom stereocenters. The van der Waals surface area contributed by atoms with Crippen LogP contribution in [-0.2, 0) is 27.7 Å². The highest BCUT2D eigenvalue weighted by atomic mass is 35.5. The third-order valence-corrected chi connectivity index (χ3v) is 6.56. The topological polar surface area (TPSA) is 123 Å². The van der Waals surface area contributed by atoms with E-state index in [0.717, 1.165) is 22.2 Å². The maximum Gasteiger partial charge on any atom is 0.409 e. The first-order valence-electron chi connectivity index (χ1n) is 9.02. The van der Waals surface area contributed by atoms with Crippen LogP contribution in [-0.4, -0.2) is 43.8 Å². The Balaban J connectivity index is 1.70. The van der Waals surface area contributed by atoms with Crippen LogP contribution in [0.4, 0.5) is 4.79 Å². The number of aromatic nitrogens is 1. The predicted molar refractivity (Wildman–Crippen MR) is 111 cm³/mol. The fourth-order valence-corrected chi connectivity index (χ4v) is 4.75. The summed E-state index contributed by atoms with van der Waals surface area (Å²) >= 11 is 5.90. The lowest BCUT2D eigenvalue weighted by atomic mass is 10.00. The molecule has 4 rings (SSSR count). The van der Waals surface area contributed by atoms with Gasteiger partial charge in [-0.1, -0.05) is 23.7 Å². The normalized spacial score (nSPS) is 13.9. The summed E-state index contributed by atoms with van der Waals surface area (Å²) < 4.78 is 28.2. The van der Waals surface area contributed by atoms with E-state index in [-0.39, 0.29) is 27.4 Å². The average molecular weight is 448 g/mol. The molecule has 8 nitrogen and oxygen atoms in total. The van der Waals surface area contributed by atoms with Crippen molar-refractivity contribution in [2.75, 3.05) is 13.7 Å². The Morgan fingerprint density at radius 1 is 1.17 bits per heavy atom. The van der Waals surface area contributed by atoms with E-state index in [4.69, 9.17) is 21.5 Å². The van der Waals surface area contributed by atoms with Crippen LogP contribution in [0, 0.1) is 0 Å². The summed E-state index contributed by atoms with van der Waals surface area (Å²) in [6.07, 6.45) is 0.271. The van der Waals surface area contributed by atoms with E-state index in [1.54, 1.807) is 17.0 Å². The maximum atomic E-state index is 12.9. The first-order valence-corrected chi connectivity index (χ1v) is 10.9. The summed E-state index contributed by atoms with van der Waals surface area (Å²) in [5.41, 5.74) is 3.31. The van der Waals surface area contributed by atoms with E-state index in [1.165, 1.54) is 25.3 Å². The first kappa shape index (κ1) is 20.4. The van der Waals surface area contributed by atoms with E-state index < -0.39 is 10.0 Å². The molecule has 3 aromatic rings. The summed E-state index contributed by atoms with van der Waals surface area (Å²) in [7, 11) is -2.71. The van der Waals surface area contributed by atoms with Gasteiger partial charge in [-0.2, -0.15) is 0 Å². The predicted octanol–water partition coefficient (Wildman–Crippen LogP) is 2.82. The highest BCUT2D eigenvalue weighted by Crippen LogP contribution is 2.30. The molecule has 0 aliphatic carbocycles. The molecule has 1 aliphatic heterocycles. The molecule has 1 aliphatic rings. The lowest BCUT2D eigenvalue weighted by Gasteiger charge is -2.25. The molecule has 0 atom stereocenters. The summed E-state index contributed by atoms with van der Waals surface area (Å²) in [5, 5.41) is 6.04. The monoisotopic (exact) mass is 447 g/mol. The van der Waals surface area contributed by atoms with E-state index in [9.17, 15) is 18.0 Å². The molecule has 0 saturated carbocycles. The number of nitrogens with one attached hydrogen (secondary N) is 1. The highest BCUT2D eigenvalue weighted by Gasteiger charge is 2.25. The number of H-pyrrole nitrogens is 1. The highest BCUT2D eigenvalue weighted by molar-refractivity contribution is 7.89. The molecule has 2 aromatic carbocycles. The summed E-state index contributed by atoms with van der Waals surface area (Å²) in [4.78, 5) is 29.4. The molecule has 10 heteroatoms. The molecule has 30 heavy (non-hydrogen) atoms. The molecular formula is C20H18ClN3O5S. The number of hydrogen-bond acceptors (Lipinski definition) is 5. The van der Waals surface area contributed by atoms with Crippen molar-refractivity contribution in [2.24, 2.45) is 5.14 Å². The second-order valence-electron chi connectivity index (χ2n) is 7.00. The molecule has 2 heterocycles. The average Bonchev–Trinajstić information content (AvgIpc) is 3.09. The minimum Gasteiger partial charge on any atom is -0.453 e.